The lowest BCUT2D eigenvalue weighted by molar-refractivity contribution is -0.138. The molecule has 2 N–H and O–H groups in total. The average molecular weight is 280 g/mol. The number of carbonyl (C=O) groups excluding carboxylic acids is 1. The Balaban J connectivity index is 4.22. The van der Waals surface area contributed by atoms with E-state index in [1.165, 1.54) is 7.05 Å². The van der Waals surface area contributed by atoms with Gasteiger partial charge in [0.1, 0.15) is 0 Å². The molecule has 0 bridgehead atoms. The summed E-state index contributed by atoms with van der Waals surface area (Å²) in [5, 5.41) is 11.3. The number of urea groups is 1. The van der Waals surface area contributed by atoms with Crippen LogP contribution in [0.4, 0.5) is 13.6 Å². The molecule has 2 amide bonds. The summed E-state index contributed by atoms with van der Waals surface area (Å²) in [4.78, 5) is 23.1. The van der Waals surface area contributed by atoms with Crippen LogP contribution < -0.4 is 5.32 Å². The zero-order chi connectivity index (χ0) is 15.0. The quantitative estimate of drug-likeness (QED) is 0.714. The van der Waals surface area contributed by atoms with Crippen LogP contribution in [0.15, 0.2) is 0 Å². The van der Waals surface area contributed by atoms with Gasteiger partial charge in [-0.3, -0.25) is 4.79 Å². The molecule has 0 aromatic rings. The molecule has 0 saturated heterocycles. The van der Waals surface area contributed by atoms with E-state index in [9.17, 15) is 18.4 Å². The highest BCUT2D eigenvalue weighted by Crippen LogP contribution is 2.14. The van der Waals surface area contributed by atoms with E-state index in [-0.39, 0.29) is 18.9 Å². The molecule has 0 fully saturated rings. The molecule has 0 radical (unpaired) electrons. The van der Waals surface area contributed by atoms with Crippen molar-refractivity contribution < 1.29 is 23.5 Å². The fraction of sp³-hybridized carbons (Fsp3) is 0.833. The van der Waals surface area contributed by atoms with Crippen molar-refractivity contribution in [1.29, 1.82) is 0 Å². The summed E-state index contributed by atoms with van der Waals surface area (Å²) in [5.74, 6) is -0.817. The minimum Gasteiger partial charge on any atom is -0.481 e. The first-order valence-electron chi connectivity index (χ1n) is 6.21. The monoisotopic (exact) mass is 280 g/mol. The Kier molecular flexibility index (Phi) is 8.02. The van der Waals surface area contributed by atoms with E-state index in [0.717, 1.165) is 4.90 Å². The van der Waals surface area contributed by atoms with Gasteiger partial charge in [0.15, 0.2) is 0 Å². The Labute approximate surface area is 112 Å². The topological polar surface area (TPSA) is 69.6 Å². The van der Waals surface area contributed by atoms with Crippen molar-refractivity contribution in [2.24, 2.45) is 11.8 Å². The fourth-order valence-electron chi connectivity index (χ4n) is 1.81. The summed E-state index contributed by atoms with van der Waals surface area (Å²) in [6, 6.07) is -0.612. The summed E-state index contributed by atoms with van der Waals surface area (Å²) in [7, 11) is 1.27. The molecule has 5 nitrogen and oxygen atoms in total. The van der Waals surface area contributed by atoms with Crippen molar-refractivity contribution in [3.05, 3.63) is 0 Å². The third kappa shape index (κ3) is 9.21. The molecule has 1 unspecified atom stereocenters. The van der Waals surface area contributed by atoms with Crippen molar-refractivity contribution in [1.82, 2.24) is 10.2 Å². The number of carbonyl (C=O) groups is 2. The van der Waals surface area contributed by atoms with Gasteiger partial charge in [0, 0.05) is 20.0 Å². The standard InChI is InChI=1S/C12H22F2N2O3/c1-8(2)4-9(5-11(17)18)6-15-12(19)16(3)7-10(13)14/h8-10H,4-7H2,1-3H3,(H,15,19)(H,17,18). The minimum absolute atomic E-state index is 0.0446. The normalized spacial score (nSPS) is 12.6. The summed E-state index contributed by atoms with van der Waals surface area (Å²) in [6.07, 6.45) is -1.97. The van der Waals surface area contributed by atoms with Gasteiger partial charge >= 0.3 is 12.0 Å². The molecule has 112 valence electrons. The van der Waals surface area contributed by atoms with Gasteiger partial charge in [-0.15, -0.1) is 0 Å². The minimum atomic E-state index is -2.58. The highest BCUT2D eigenvalue weighted by Gasteiger charge is 2.18. The SMILES string of the molecule is CC(C)CC(CNC(=O)N(C)CC(F)F)CC(=O)O. The molecular weight excluding hydrogens is 258 g/mol. The number of aliphatic carboxylic acids is 1. The first kappa shape index (κ1) is 17.6. The molecule has 0 aromatic heterocycles. The predicted molar refractivity (Wildman–Crippen MR) is 67.2 cm³/mol. The van der Waals surface area contributed by atoms with Crippen molar-refractivity contribution in [2.45, 2.75) is 33.1 Å². The number of carboxylic acid groups (broad SMARTS) is 1. The molecule has 0 aliphatic carbocycles. The van der Waals surface area contributed by atoms with Crippen LogP contribution in [0.2, 0.25) is 0 Å². The Bertz CT molecular complexity index is 299. The second-order valence-corrected chi connectivity index (χ2v) is 5.05. The molecule has 19 heavy (non-hydrogen) atoms. The Morgan fingerprint density at radius 3 is 2.32 bits per heavy atom. The van der Waals surface area contributed by atoms with E-state index in [4.69, 9.17) is 5.11 Å². The average Bonchev–Trinajstić information content (AvgIpc) is 2.22. The number of rotatable bonds is 8. The van der Waals surface area contributed by atoms with Crippen LogP contribution in [0, 0.1) is 11.8 Å². The van der Waals surface area contributed by atoms with Crippen LogP contribution in [0.1, 0.15) is 26.7 Å². The first-order chi connectivity index (χ1) is 8.72. The molecule has 0 saturated carbocycles. The Hall–Kier alpha value is -1.40. The molecule has 7 heteroatoms. The third-order valence-electron chi connectivity index (χ3n) is 2.57. The number of hydrogen-bond acceptors (Lipinski definition) is 2. The van der Waals surface area contributed by atoms with Crippen LogP contribution in [0.5, 0.6) is 0 Å². The first-order valence-corrected chi connectivity index (χ1v) is 6.21. The van der Waals surface area contributed by atoms with Crippen LogP contribution in [0.3, 0.4) is 0 Å². The number of halogens is 2. The van der Waals surface area contributed by atoms with Crippen LogP contribution >= 0.6 is 0 Å². The zero-order valence-corrected chi connectivity index (χ0v) is 11.5. The predicted octanol–water partition coefficient (Wildman–Crippen LogP) is 2.03. The number of nitrogens with zero attached hydrogens (tertiary/aromatic N) is 1. The maximum Gasteiger partial charge on any atom is 0.317 e. The number of amides is 2. The molecule has 0 aliphatic heterocycles. The van der Waals surface area contributed by atoms with E-state index in [2.05, 4.69) is 5.32 Å². The summed E-state index contributed by atoms with van der Waals surface area (Å²) >= 11 is 0. The van der Waals surface area contributed by atoms with Crippen LogP contribution in [0.25, 0.3) is 0 Å². The lowest BCUT2D eigenvalue weighted by atomic mass is 9.94. The van der Waals surface area contributed by atoms with Gasteiger partial charge < -0.3 is 15.3 Å². The summed E-state index contributed by atoms with van der Waals surface area (Å²) in [6.45, 7) is 3.45. The third-order valence-corrected chi connectivity index (χ3v) is 2.57. The second-order valence-electron chi connectivity index (χ2n) is 5.05. The van der Waals surface area contributed by atoms with Crippen LogP contribution in [-0.2, 0) is 4.79 Å². The van der Waals surface area contributed by atoms with Gasteiger partial charge in [0.2, 0.25) is 0 Å². The van der Waals surface area contributed by atoms with Gasteiger partial charge in [0.05, 0.1) is 6.54 Å². The Morgan fingerprint density at radius 2 is 1.89 bits per heavy atom. The highest BCUT2D eigenvalue weighted by molar-refractivity contribution is 5.74. The molecule has 0 rings (SSSR count). The molecule has 1 atom stereocenters. The fourth-order valence-corrected chi connectivity index (χ4v) is 1.81. The number of hydrogen-bond donors (Lipinski definition) is 2. The summed E-state index contributed by atoms with van der Waals surface area (Å²) in [5.41, 5.74) is 0. The van der Waals surface area contributed by atoms with Crippen molar-refractivity contribution >= 4 is 12.0 Å². The van der Waals surface area contributed by atoms with Crippen LogP contribution in [-0.4, -0.2) is 48.6 Å². The van der Waals surface area contributed by atoms with E-state index in [1.807, 2.05) is 13.8 Å². The van der Waals surface area contributed by atoms with E-state index in [1.54, 1.807) is 0 Å². The lowest BCUT2D eigenvalue weighted by Gasteiger charge is -2.21. The molecular formula is C12H22F2N2O3. The summed E-state index contributed by atoms with van der Waals surface area (Å²) < 4.78 is 24.2. The van der Waals surface area contributed by atoms with Crippen molar-refractivity contribution in [3.63, 3.8) is 0 Å². The second kappa shape index (κ2) is 8.66. The lowest BCUT2D eigenvalue weighted by Crippen LogP contribution is -2.42. The maximum atomic E-state index is 12.1. The van der Waals surface area contributed by atoms with E-state index >= 15 is 0 Å². The van der Waals surface area contributed by atoms with E-state index in [0.29, 0.717) is 12.3 Å². The highest BCUT2D eigenvalue weighted by atomic mass is 19.3. The zero-order valence-electron chi connectivity index (χ0n) is 11.5. The van der Waals surface area contributed by atoms with Gasteiger partial charge in [-0.05, 0) is 18.3 Å². The van der Waals surface area contributed by atoms with Gasteiger partial charge in [-0.1, -0.05) is 13.8 Å². The molecule has 0 spiro atoms. The number of alkyl halides is 2. The maximum absolute atomic E-state index is 12.1. The van der Waals surface area contributed by atoms with Crippen molar-refractivity contribution in [3.8, 4) is 0 Å². The van der Waals surface area contributed by atoms with Crippen molar-refractivity contribution in [2.75, 3.05) is 20.1 Å². The number of nitrogens with one attached hydrogen (secondary N) is 1. The van der Waals surface area contributed by atoms with E-state index < -0.39 is 25.0 Å². The Morgan fingerprint density at radius 1 is 1.32 bits per heavy atom. The molecule has 0 heterocycles. The smallest absolute Gasteiger partial charge is 0.317 e. The van der Waals surface area contributed by atoms with Gasteiger partial charge in [0.25, 0.3) is 6.43 Å². The molecule has 0 aliphatic rings. The van der Waals surface area contributed by atoms with Gasteiger partial charge in [-0.25, -0.2) is 13.6 Å². The largest absolute Gasteiger partial charge is 0.481 e. The van der Waals surface area contributed by atoms with Gasteiger partial charge in [-0.2, -0.15) is 0 Å². The number of carboxylic acids is 1. The molecule has 0 aromatic carbocycles.